The van der Waals surface area contributed by atoms with Gasteiger partial charge in [0.15, 0.2) is 0 Å². The maximum absolute atomic E-state index is 4.93. The minimum Gasteiger partial charge on any atom is -0.385 e. The van der Waals surface area contributed by atoms with Gasteiger partial charge in [-0.1, -0.05) is 0 Å². The van der Waals surface area contributed by atoms with Gasteiger partial charge in [0.05, 0.1) is 0 Å². The summed E-state index contributed by atoms with van der Waals surface area (Å²) in [6.45, 7) is 2.13. The Morgan fingerprint density at radius 2 is 2.44 bits per heavy atom. The molecule has 1 aliphatic rings. The second kappa shape index (κ2) is 3.85. The van der Waals surface area contributed by atoms with E-state index in [-0.39, 0.29) is 0 Å². The Morgan fingerprint density at radius 3 is 2.89 bits per heavy atom. The fourth-order valence-electron chi connectivity index (χ4n) is 1.07. The van der Waals surface area contributed by atoms with Gasteiger partial charge < -0.3 is 10.1 Å². The third kappa shape index (κ3) is 2.33. The molecule has 2 nitrogen and oxygen atoms in total. The van der Waals surface area contributed by atoms with E-state index in [1.54, 1.807) is 7.11 Å². The van der Waals surface area contributed by atoms with Crippen LogP contribution in [0.3, 0.4) is 0 Å². The summed E-state index contributed by atoms with van der Waals surface area (Å²) in [7, 11) is 1.76. The molecule has 1 aliphatic heterocycles. The zero-order valence-electron chi connectivity index (χ0n) is 6.02. The monoisotopic (exact) mass is 129 g/mol. The summed E-state index contributed by atoms with van der Waals surface area (Å²) < 4.78 is 4.93. The Hall–Kier alpha value is -0.0800. The first-order valence-corrected chi connectivity index (χ1v) is 3.66. The summed E-state index contributed by atoms with van der Waals surface area (Å²) in [5.41, 5.74) is 0. The minimum absolute atomic E-state index is 0.806. The van der Waals surface area contributed by atoms with Gasteiger partial charge in [0.1, 0.15) is 0 Å². The number of rotatable bonds is 4. The van der Waals surface area contributed by atoms with Crippen LogP contribution in [0.25, 0.3) is 0 Å². The third-order valence-electron chi connectivity index (χ3n) is 1.83. The molecule has 1 fully saturated rings. The average Bonchev–Trinajstić information content (AvgIpc) is 1.76. The van der Waals surface area contributed by atoms with Crippen LogP contribution < -0.4 is 5.32 Å². The number of methoxy groups -OCH3 is 1. The predicted molar refractivity (Wildman–Crippen MR) is 37.5 cm³/mol. The van der Waals surface area contributed by atoms with Gasteiger partial charge in [-0.15, -0.1) is 0 Å². The Morgan fingerprint density at radius 1 is 1.67 bits per heavy atom. The van der Waals surface area contributed by atoms with Crippen LogP contribution >= 0.6 is 0 Å². The first-order chi connectivity index (χ1) is 4.43. The standard InChI is InChI=1S/C7H15NO/c1-9-6-2-3-7-4-5-8-7/h7-8H,2-6H2,1H3. The van der Waals surface area contributed by atoms with Crippen molar-refractivity contribution in [1.82, 2.24) is 5.32 Å². The van der Waals surface area contributed by atoms with Crippen molar-refractivity contribution in [3.8, 4) is 0 Å². The van der Waals surface area contributed by atoms with Crippen LogP contribution in [0.2, 0.25) is 0 Å². The summed E-state index contributed by atoms with van der Waals surface area (Å²) in [4.78, 5) is 0. The van der Waals surface area contributed by atoms with Crippen molar-refractivity contribution in [2.75, 3.05) is 20.3 Å². The van der Waals surface area contributed by atoms with E-state index in [1.165, 1.54) is 25.8 Å². The molecule has 54 valence electrons. The van der Waals surface area contributed by atoms with Crippen LogP contribution in [-0.2, 0) is 4.74 Å². The molecule has 0 radical (unpaired) electrons. The van der Waals surface area contributed by atoms with Crippen molar-refractivity contribution in [1.29, 1.82) is 0 Å². The molecule has 1 atom stereocenters. The van der Waals surface area contributed by atoms with Crippen LogP contribution in [-0.4, -0.2) is 26.3 Å². The van der Waals surface area contributed by atoms with Crippen molar-refractivity contribution in [2.45, 2.75) is 25.3 Å². The maximum Gasteiger partial charge on any atom is 0.0462 e. The molecule has 0 aromatic carbocycles. The molecule has 1 unspecified atom stereocenters. The van der Waals surface area contributed by atoms with Crippen molar-refractivity contribution >= 4 is 0 Å². The van der Waals surface area contributed by atoms with Crippen LogP contribution in [0.15, 0.2) is 0 Å². The van der Waals surface area contributed by atoms with Gasteiger partial charge in [-0.05, 0) is 25.8 Å². The summed E-state index contributed by atoms with van der Waals surface area (Å²) in [6.07, 6.45) is 3.85. The molecule has 0 amide bonds. The van der Waals surface area contributed by atoms with Crippen molar-refractivity contribution in [3.63, 3.8) is 0 Å². The van der Waals surface area contributed by atoms with Gasteiger partial charge in [-0.2, -0.15) is 0 Å². The predicted octanol–water partition coefficient (Wildman–Crippen LogP) is 0.775. The fourth-order valence-corrected chi connectivity index (χ4v) is 1.07. The van der Waals surface area contributed by atoms with E-state index in [0.29, 0.717) is 0 Å². The zero-order chi connectivity index (χ0) is 6.53. The lowest BCUT2D eigenvalue weighted by Crippen LogP contribution is -2.42. The SMILES string of the molecule is COCCCC1CCN1. The van der Waals surface area contributed by atoms with E-state index in [1.807, 2.05) is 0 Å². The second-order valence-corrected chi connectivity index (χ2v) is 2.57. The largest absolute Gasteiger partial charge is 0.385 e. The summed E-state index contributed by atoms with van der Waals surface area (Å²) in [5.74, 6) is 0. The van der Waals surface area contributed by atoms with Crippen LogP contribution in [0.1, 0.15) is 19.3 Å². The van der Waals surface area contributed by atoms with Crippen molar-refractivity contribution in [3.05, 3.63) is 0 Å². The number of nitrogens with one attached hydrogen (secondary N) is 1. The molecule has 0 aromatic rings. The molecule has 1 N–H and O–H groups in total. The topological polar surface area (TPSA) is 21.3 Å². The molecule has 0 bridgehead atoms. The molecular formula is C7H15NO. The smallest absolute Gasteiger partial charge is 0.0462 e. The summed E-state index contributed by atoms with van der Waals surface area (Å²) in [6, 6.07) is 0.806. The molecule has 2 heteroatoms. The Labute approximate surface area is 56.6 Å². The zero-order valence-corrected chi connectivity index (χ0v) is 6.02. The van der Waals surface area contributed by atoms with E-state index < -0.39 is 0 Å². The van der Waals surface area contributed by atoms with Crippen molar-refractivity contribution < 1.29 is 4.74 Å². The van der Waals surface area contributed by atoms with E-state index in [9.17, 15) is 0 Å². The highest BCUT2D eigenvalue weighted by Gasteiger charge is 2.14. The lowest BCUT2D eigenvalue weighted by atomic mass is 10.0. The van der Waals surface area contributed by atoms with Crippen LogP contribution in [0.4, 0.5) is 0 Å². The Kier molecular flexibility index (Phi) is 3.01. The number of hydrogen-bond donors (Lipinski definition) is 1. The third-order valence-corrected chi connectivity index (χ3v) is 1.83. The highest BCUT2D eigenvalue weighted by Crippen LogP contribution is 2.08. The molecule has 9 heavy (non-hydrogen) atoms. The summed E-state index contributed by atoms with van der Waals surface area (Å²) >= 11 is 0. The van der Waals surface area contributed by atoms with Crippen molar-refractivity contribution in [2.24, 2.45) is 0 Å². The van der Waals surface area contributed by atoms with Gasteiger partial charge in [0, 0.05) is 19.8 Å². The quantitative estimate of drug-likeness (QED) is 0.566. The molecule has 0 aliphatic carbocycles. The number of ether oxygens (including phenoxy) is 1. The lowest BCUT2D eigenvalue weighted by Gasteiger charge is -2.27. The molecule has 0 saturated carbocycles. The van der Waals surface area contributed by atoms with Gasteiger partial charge in [0.2, 0.25) is 0 Å². The first-order valence-electron chi connectivity index (χ1n) is 3.66. The van der Waals surface area contributed by atoms with E-state index in [0.717, 1.165) is 12.6 Å². The van der Waals surface area contributed by atoms with Gasteiger partial charge in [-0.25, -0.2) is 0 Å². The van der Waals surface area contributed by atoms with Gasteiger partial charge >= 0.3 is 0 Å². The van der Waals surface area contributed by atoms with Crippen LogP contribution in [0, 0.1) is 0 Å². The van der Waals surface area contributed by atoms with E-state index in [2.05, 4.69) is 5.32 Å². The normalized spacial score (nSPS) is 25.7. The van der Waals surface area contributed by atoms with Gasteiger partial charge in [0.25, 0.3) is 0 Å². The maximum atomic E-state index is 4.93. The molecule has 1 rings (SSSR count). The number of hydrogen-bond acceptors (Lipinski definition) is 2. The minimum atomic E-state index is 0.806. The molecule has 0 spiro atoms. The van der Waals surface area contributed by atoms with Gasteiger partial charge in [-0.3, -0.25) is 0 Å². The Balaban J connectivity index is 1.80. The second-order valence-electron chi connectivity index (χ2n) is 2.57. The first kappa shape index (κ1) is 7.03. The highest BCUT2D eigenvalue weighted by molar-refractivity contribution is 4.76. The molecule has 0 aromatic heterocycles. The van der Waals surface area contributed by atoms with E-state index >= 15 is 0 Å². The van der Waals surface area contributed by atoms with Crippen LogP contribution in [0.5, 0.6) is 0 Å². The molecule has 1 heterocycles. The highest BCUT2D eigenvalue weighted by atomic mass is 16.5. The molecular weight excluding hydrogens is 114 g/mol. The molecule has 1 saturated heterocycles. The lowest BCUT2D eigenvalue weighted by molar-refractivity contribution is 0.183. The Bertz CT molecular complexity index is 71.3. The van der Waals surface area contributed by atoms with E-state index in [4.69, 9.17) is 4.74 Å². The fraction of sp³-hybridized carbons (Fsp3) is 1.00. The summed E-state index contributed by atoms with van der Waals surface area (Å²) in [5, 5.41) is 3.35. The average molecular weight is 129 g/mol.